The van der Waals surface area contributed by atoms with Gasteiger partial charge in [-0.05, 0) is 53.9 Å². The quantitative estimate of drug-likeness (QED) is 0.456. The number of fused-ring (bicyclic) bond motifs is 2. The van der Waals surface area contributed by atoms with Crippen LogP contribution in [-0.2, 0) is 5.75 Å². The number of hydrogen-bond acceptors (Lipinski definition) is 6. The van der Waals surface area contributed by atoms with Crippen LogP contribution in [0.4, 0.5) is 4.39 Å². The molecule has 0 radical (unpaired) electrons. The molecule has 0 bridgehead atoms. The maximum Gasteiger partial charge on any atom is 0.231 e. The van der Waals surface area contributed by atoms with Crippen molar-refractivity contribution in [2.45, 2.75) is 17.8 Å². The first-order chi connectivity index (χ1) is 13.2. The Labute approximate surface area is 162 Å². The number of halogens is 1. The molecular formula is C19H14FN3O2S2. The zero-order valence-corrected chi connectivity index (χ0v) is 15.9. The summed E-state index contributed by atoms with van der Waals surface area (Å²) in [6.07, 6.45) is 0. The van der Waals surface area contributed by atoms with E-state index in [-0.39, 0.29) is 12.6 Å². The van der Waals surface area contributed by atoms with Crippen LogP contribution in [0.3, 0.4) is 0 Å². The number of nitrogens with zero attached hydrogens (tertiary/aromatic N) is 3. The molecule has 0 unspecified atom stereocenters. The molecule has 2 aromatic carbocycles. The fraction of sp³-hybridized carbons (Fsp3) is 0.158. The van der Waals surface area contributed by atoms with Gasteiger partial charge in [0.1, 0.15) is 5.82 Å². The molecule has 27 heavy (non-hydrogen) atoms. The molecule has 2 aromatic heterocycles. The maximum atomic E-state index is 13.6. The van der Waals surface area contributed by atoms with Gasteiger partial charge in [-0.2, -0.15) is 0 Å². The molecule has 136 valence electrons. The van der Waals surface area contributed by atoms with E-state index >= 15 is 0 Å². The Kier molecular flexibility index (Phi) is 4.02. The Morgan fingerprint density at radius 3 is 2.93 bits per heavy atom. The van der Waals surface area contributed by atoms with E-state index in [4.69, 9.17) is 9.47 Å². The van der Waals surface area contributed by atoms with Crippen molar-refractivity contribution in [3.63, 3.8) is 0 Å². The lowest BCUT2D eigenvalue weighted by atomic mass is 10.1. The largest absolute Gasteiger partial charge is 0.454 e. The van der Waals surface area contributed by atoms with E-state index in [0.29, 0.717) is 5.56 Å². The highest BCUT2D eigenvalue weighted by molar-refractivity contribution is 7.98. The Morgan fingerprint density at radius 1 is 1.15 bits per heavy atom. The first-order valence-corrected chi connectivity index (χ1v) is 10.2. The van der Waals surface area contributed by atoms with Gasteiger partial charge in [0.2, 0.25) is 11.8 Å². The third-order valence-corrected chi connectivity index (χ3v) is 6.20. The number of ether oxygens (including phenoxy) is 2. The summed E-state index contributed by atoms with van der Waals surface area (Å²) < 4.78 is 26.4. The van der Waals surface area contributed by atoms with Crippen LogP contribution in [-0.4, -0.2) is 21.4 Å². The predicted octanol–water partition coefficient (Wildman–Crippen LogP) is 4.93. The zero-order chi connectivity index (χ0) is 18.4. The van der Waals surface area contributed by atoms with Crippen LogP contribution >= 0.6 is 23.1 Å². The van der Waals surface area contributed by atoms with E-state index in [1.165, 1.54) is 17.4 Å². The van der Waals surface area contributed by atoms with E-state index in [1.807, 2.05) is 34.0 Å². The summed E-state index contributed by atoms with van der Waals surface area (Å²) in [6.45, 7) is 2.04. The van der Waals surface area contributed by atoms with Crippen molar-refractivity contribution in [1.82, 2.24) is 14.6 Å². The first-order valence-electron chi connectivity index (χ1n) is 8.29. The second-order valence-electron chi connectivity index (χ2n) is 6.16. The normalized spacial score (nSPS) is 12.8. The first kappa shape index (κ1) is 16.6. The van der Waals surface area contributed by atoms with Crippen molar-refractivity contribution in [2.24, 2.45) is 0 Å². The molecule has 4 aromatic rings. The van der Waals surface area contributed by atoms with Crippen molar-refractivity contribution in [3.8, 4) is 22.8 Å². The average Bonchev–Trinajstić information content (AvgIpc) is 3.38. The van der Waals surface area contributed by atoms with Gasteiger partial charge in [0.05, 0.1) is 5.69 Å². The van der Waals surface area contributed by atoms with Crippen LogP contribution in [0.2, 0.25) is 0 Å². The van der Waals surface area contributed by atoms with Gasteiger partial charge in [0.15, 0.2) is 16.7 Å². The minimum absolute atomic E-state index is 0.202. The van der Waals surface area contributed by atoms with Crippen molar-refractivity contribution in [2.75, 3.05) is 6.79 Å². The van der Waals surface area contributed by atoms with E-state index in [1.54, 1.807) is 24.8 Å². The van der Waals surface area contributed by atoms with E-state index < -0.39 is 0 Å². The summed E-state index contributed by atoms with van der Waals surface area (Å²) in [5.41, 5.74) is 3.66. The average molecular weight is 399 g/mol. The van der Waals surface area contributed by atoms with E-state index in [9.17, 15) is 4.39 Å². The van der Waals surface area contributed by atoms with Crippen molar-refractivity contribution in [1.29, 1.82) is 0 Å². The van der Waals surface area contributed by atoms with Crippen LogP contribution in [0, 0.1) is 12.7 Å². The van der Waals surface area contributed by atoms with Gasteiger partial charge in [0, 0.05) is 11.1 Å². The van der Waals surface area contributed by atoms with Crippen LogP contribution < -0.4 is 9.47 Å². The van der Waals surface area contributed by atoms with Crippen molar-refractivity contribution >= 4 is 28.1 Å². The lowest BCUT2D eigenvalue weighted by Crippen LogP contribution is -1.93. The fourth-order valence-electron chi connectivity index (χ4n) is 2.97. The summed E-state index contributed by atoms with van der Waals surface area (Å²) in [4.78, 5) is 0.820. The predicted molar refractivity (Wildman–Crippen MR) is 103 cm³/mol. The minimum atomic E-state index is -0.202. The molecule has 0 amide bonds. The molecule has 0 atom stereocenters. The second-order valence-corrected chi connectivity index (χ2v) is 7.94. The number of aryl methyl sites for hydroxylation is 1. The summed E-state index contributed by atoms with van der Waals surface area (Å²) >= 11 is 3.12. The Balaban J connectivity index is 1.45. The highest BCUT2D eigenvalue weighted by atomic mass is 32.2. The maximum absolute atomic E-state index is 13.6. The topological polar surface area (TPSA) is 48.7 Å². The van der Waals surface area contributed by atoms with Crippen LogP contribution in [0.25, 0.3) is 16.2 Å². The minimum Gasteiger partial charge on any atom is -0.454 e. The molecule has 0 aliphatic carbocycles. The number of thiazole rings is 1. The Hall–Kier alpha value is -2.58. The molecule has 0 saturated heterocycles. The number of thioether (sulfide) groups is 1. The molecule has 5 rings (SSSR count). The van der Waals surface area contributed by atoms with Crippen molar-refractivity contribution in [3.05, 3.63) is 58.7 Å². The molecule has 3 heterocycles. The third-order valence-electron chi connectivity index (χ3n) is 4.38. The molecule has 0 N–H and O–H groups in total. The Morgan fingerprint density at radius 2 is 2.04 bits per heavy atom. The lowest BCUT2D eigenvalue weighted by molar-refractivity contribution is 0.174. The molecule has 0 spiro atoms. The monoisotopic (exact) mass is 399 g/mol. The van der Waals surface area contributed by atoms with Gasteiger partial charge in [-0.3, -0.25) is 4.40 Å². The molecule has 5 nitrogen and oxygen atoms in total. The molecule has 8 heteroatoms. The molecule has 1 aliphatic heterocycles. The summed E-state index contributed by atoms with van der Waals surface area (Å²) in [5, 5.41) is 11.4. The van der Waals surface area contributed by atoms with Gasteiger partial charge in [-0.1, -0.05) is 17.8 Å². The standard InChI is InChI=1S/C19H14FN3O2S2/c1-11-6-13(3-4-14(11)20)15-9-27-19-22-21-18(23(15)19)26-8-12-2-5-16-17(7-12)25-10-24-16/h2-7,9H,8,10H2,1H3. The highest BCUT2D eigenvalue weighted by Crippen LogP contribution is 2.35. The van der Waals surface area contributed by atoms with Crippen LogP contribution in [0.5, 0.6) is 11.5 Å². The summed E-state index contributed by atoms with van der Waals surface area (Å²) in [7, 11) is 0. The van der Waals surface area contributed by atoms with Gasteiger partial charge in [0.25, 0.3) is 0 Å². The molecular weight excluding hydrogens is 385 g/mol. The van der Waals surface area contributed by atoms with E-state index in [0.717, 1.165) is 44.2 Å². The molecule has 0 saturated carbocycles. The van der Waals surface area contributed by atoms with Crippen molar-refractivity contribution < 1.29 is 13.9 Å². The highest BCUT2D eigenvalue weighted by Gasteiger charge is 2.16. The summed E-state index contributed by atoms with van der Waals surface area (Å²) in [5.74, 6) is 2.08. The summed E-state index contributed by atoms with van der Waals surface area (Å²) in [6, 6.07) is 11.1. The fourth-order valence-corrected chi connectivity index (χ4v) is 4.76. The van der Waals surface area contributed by atoms with Gasteiger partial charge < -0.3 is 9.47 Å². The number of aromatic nitrogens is 3. The number of hydrogen-bond donors (Lipinski definition) is 0. The van der Waals surface area contributed by atoms with Crippen LogP contribution in [0.15, 0.2) is 46.9 Å². The smallest absolute Gasteiger partial charge is 0.231 e. The number of rotatable bonds is 4. The van der Waals surface area contributed by atoms with Gasteiger partial charge in [-0.15, -0.1) is 21.5 Å². The lowest BCUT2D eigenvalue weighted by Gasteiger charge is -2.05. The van der Waals surface area contributed by atoms with Crippen LogP contribution in [0.1, 0.15) is 11.1 Å². The van der Waals surface area contributed by atoms with Gasteiger partial charge >= 0.3 is 0 Å². The molecule has 0 fully saturated rings. The van der Waals surface area contributed by atoms with Gasteiger partial charge in [-0.25, -0.2) is 4.39 Å². The number of benzene rings is 2. The third kappa shape index (κ3) is 2.94. The SMILES string of the molecule is Cc1cc(-c2csc3nnc(SCc4ccc5c(c4)OCO5)n23)ccc1F. The van der Waals surface area contributed by atoms with E-state index in [2.05, 4.69) is 10.2 Å². The Bertz CT molecular complexity index is 1160. The second kappa shape index (κ2) is 6.54. The molecule has 1 aliphatic rings. The zero-order valence-electron chi connectivity index (χ0n) is 14.3.